The van der Waals surface area contributed by atoms with Crippen molar-refractivity contribution in [3.8, 4) is 0 Å². The second kappa shape index (κ2) is 4.51. The van der Waals surface area contributed by atoms with Crippen LogP contribution in [0.2, 0.25) is 0 Å². The SMILES string of the molecule is CC(C)(O)c1c(F)cncc1B1OC(C)(C)C(C)(C)O1. The Balaban J connectivity index is 2.49. The van der Waals surface area contributed by atoms with E-state index in [4.69, 9.17) is 9.31 Å². The minimum atomic E-state index is -1.34. The van der Waals surface area contributed by atoms with Crippen LogP contribution in [-0.2, 0) is 14.9 Å². The molecule has 20 heavy (non-hydrogen) atoms. The minimum absolute atomic E-state index is 0.158. The summed E-state index contributed by atoms with van der Waals surface area (Å²) in [4.78, 5) is 3.85. The van der Waals surface area contributed by atoms with Crippen LogP contribution in [0.4, 0.5) is 4.39 Å². The van der Waals surface area contributed by atoms with Crippen molar-refractivity contribution in [1.29, 1.82) is 0 Å². The van der Waals surface area contributed by atoms with Crippen LogP contribution in [0, 0.1) is 5.82 Å². The summed E-state index contributed by atoms with van der Waals surface area (Å²) in [5.41, 5.74) is -1.81. The number of hydrogen-bond donors (Lipinski definition) is 1. The summed E-state index contributed by atoms with van der Waals surface area (Å²) in [6, 6.07) is 0. The van der Waals surface area contributed by atoms with E-state index in [0.29, 0.717) is 5.46 Å². The molecule has 1 aromatic heterocycles. The van der Waals surface area contributed by atoms with Crippen molar-refractivity contribution in [2.24, 2.45) is 0 Å². The van der Waals surface area contributed by atoms with Crippen molar-refractivity contribution in [1.82, 2.24) is 4.98 Å². The molecule has 0 aliphatic carbocycles. The maximum atomic E-state index is 14.1. The predicted octanol–water partition coefficient (Wildman–Crippen LogP) is 1.75. The smallest absolute Gasteiger partial charge is 0.399 e. The van der Waals surface area contributed by atoms with Crippen LogP contribution in [0.15, 0.2) is 12.4 Å². The Morgan fingerprint density at radius 2 is 1.65 bits per heavy atom. The van der Waals surface area contributed by atoms with Crippen LogP contribution >= 0.6 is 0 Å². The molecule has 0 atom stereocenters. The zero-order valence-corrected chi connectivity index (χ0v) is 12.8. The van der Waals surface area contributed by atoms with E-state index in [9.17, 15) is 9.50 Å². The van der Waals surface area contributed by atoms with E-state index in [-0.39, 0.29) is 5.56 Å². The molecule has 1 aliphatic rings. The summed E-state index contributed by atoms with van der Waals surface area (Å²) in [6.45, 7) is 10.7. The molecule has 4 nitrogen and oxygen atoms in total. The number of rotatable bonds is 2. The zero-order valence-electron chi connectivity index (χ0n) is 12.8. The summed E-state index contributed by atoms with van der Waals surface area (Å²) in [5.74, 6) is -0.565. The van der Waals surface area contributed by atoms with Gasteiger partial charge in [0.25, 0.3) is 0 Å². The maximum Gasteiger partial charge on any atom is 0.496 e. The molecule has 110 valence electrons. The van der Waals surface area contributed by atoms with E-state index >= 15 is 0 Å². The number of pyridine rings is 1. The molecule has 0 bridgehead atoms. The third kappa shape index (κ3) is 2.48. The Labute approximate surface area is 119 Å². The molecular weight excluding hydrogens is 260 g/mol. The molecule has 0 saturated carbocycles. The van der Waals surface area contributed by atoms with Crippen molar-refractivity contribution in [3.63, 3.8) is 0 Å². The summed E-state index contributed by atoms with van der Waals surface area (Å²) < 4.78 is 25.9. The lowest BCUT2D eigenvalue weighted by Gasteiger charge is -2.32. The molecule has 0 unspecified atom stereocenters. The van der Waals surface area contributed by atoms with Crippen molar-refractivity contribution in [2.45, 2.75) is 58.3 Å². The highest BCUT2D eigenvalue weighted by molar-refractivity contribution is 6.62. The molecule has 2 heterocycles. The first kappa shape index (κ1) is 15.4. The van der Waals surface area contributed by atoms with Crippen LogP contribution < -0.4 is 5.46 Å². The number of hydrogen-bond acceptors (Lipinski definition) is 4. The first-order chi connectivity index (χ1) is 8.96. The molecule has 0 spiro atoms. The van der Waals surface area contributed by atoms with E-state index < -0.39 is 29.7 Å². The van der Waals surface area contributed by atoms with E-state index in [1.54, 1.807) is 0 Å². The highest BCUT2D eigenvalue weighted by Crippen LogP contribution is 2.37. The lowest BCUT2D eigenvalue weighted by molar-refractivity contribution is 0.00578. The van der Waals surface area contributed by atoms with E-state index in [0.717, 1.165) is 6.20 Å². The van der Waals surface area contributed by atoms with E-state index in [1.807, 2.05) is 27.7 Å². The van der Waals surface area contributed by atoms with Gasteiger partial charge in [-0.05, 0) is 41.5 Å². The summed E-state index contributed by atoms with van der Waals surface area (Å²) in [5, 5.41) is 10.2. The lowest BCUT2D eigenvalue weighted by Crippen LogP contribution is -2.41. The first-order valence-electron chi connectivity index (χ1n) is 6.67. The monoisotopic (exact) mass is 281 g/mol. The molecule has 1 aliphatic heterocycles. The number of aromatic nitrogens is 1. The number of halogens is 1. The van der Waals surface area contributed by atoms with E-state index in [2.05, 4.69) is 4.98 Å². The maximum absolute atomic E-state index is 14.1. The topological polar surface area (TPSA) is 51.6 Å². The fourth-order valence-corrected chi connectivity index (χ4v) is 2.24. The third-order valence-electron chi connectivity index (χ3n) is 4.05. The lowest BCUT2D eigenvalue weighted by atomic mass is 9.73. The molecule has 1 N–H and O–H groups in total. The van der Waals surface area contributed by atoms with E-state index in [1.165, 1.54) is 20.0 Å². The van der Waals surface area contributed by atoms with Crippen LogP contribution in [0.25, 0.3) is 0 Å². The summed E-state index contributed by atoms with van der Waals surface area (Å²) in [6.07, 6.45) is 2.57. The van der Waals surface area contributed by atoms with Crippen LogP contribution in [-0.4, -0.2) is 28.4 Å². The van der Waals surface area contributed by atoms with Gasteiger partial charge in [0.2, 0.25) is 0 Å². The highest BCUT2D eigenvalue weighted by atomic mass is 19.1. The standard InChI is InChI=1S/C14H21BFNO3/c1-12(2,18)11-9(7-17-8-10(11)16)15-19-13(3,4)14(5,6)20-15/h7-8,18H,1-6H3. The van der Waals surface area contributed by atoms with Gasteiger partial charge < -0.3 is 14.4 Å². The normalized spacial score (nSPS) is 21.3. The fourth-order valence-electron chi connectivity index (χ4n) is 2.24. The Morgan fingerprint density at radius 1 is 1.15 bits per heavy atom. The summed E-state index contributed by atoms with van der Waals surface area (Å²) >= 11 is 0. The van der Waals surface area contributed by atoms with Crippen molar-refractivity contribution < 1.29 is 18.8 Å². The Morgan fingerprint density at radius 3 is 2.10 bits per heavy atom. The van der Waals surface area contributed by atoms with Crippen molar-refractivity contribution >= 4 is 12.6 Å². The van der Waals surface area contributed by atoms with Gasteiger partial charge in [0.05, 0.1) is 23.0 Å². The van der Waals surface area contributed by atoms with Gasteiger partial charge in [-0.25, -0.2) is 4.39 Å². The van der Waals surface area contributed by atoms with Gasteiger partial charge in [0.1, 0.15) is 5.82 Å². The first-order valence-corrected chi connectivity index (χ1v) is 6.67. The highest BCUT2D eigenvalue weighted by Gasteiger charge is 2.53. The molecular formula is C14H21BFNO3. The average molecular weight is 281 g/mol. The molecule has 6 heteroatoms. The molecule has 0 radical (unpaired) electrons. The summed E-state index contributed by atoms with van der Waals surface area (Å²) in [7, 11) is -0.746. The second-order valence-corrected chi connectivity index (χ2v) is 6.73. The minimum Gasteiger partial charge on any atom is -0.399 e. The third-order valence-corrected chi connectivity index (χ3v) is 4.05. The molecule has 1 saturated heterocycles. The Bertz CT molecular complexity index is 510. The Kier molecular flexibility index (Phi) is 3.48. The van der Waals surface area contributed by atoms with Crippen molar-refractivity contribution in [3.05, 3.63) is 23.8 Å². The van der Waals surface area contributed by atoms with Gasteiger partial charge in [0.15, 0.2) is 0 Å². The second-order valence-electron chi connectivity index (χ2n) is 6.73. The van der Waals surface area contributed by atoms with Gasteiger partial charge >= 0.3 is 7.12 Å². The van der Waals surface area contributed by atoms with Gasteiger partial charge in [0, 0.05) is 17.2 Å². The molecule has 1 fully saturated rings. The zero-order chi connectivity index (χ0) is 15.3. The predicted molar refractivity (Wildman–Crippen MR) is 75.2 cm³/mol. The van der Waals surface area contributed by atoms with Crippen molar-refractivity contribution in [2.75, 3.05) is 0 Å². The quantitative estimate of drug-likeness (QED) is 0.839. The van der Waals surface area contributed by atoms with Gasteiger partial charge in [-0.15, -0.1) is 0 Å². The van der Waals surface area contributed by atoms with Crippen LogP contribution in [0.1, 0.15) is 47.1 Å². The van der Waals surface area contributed by atoms with Crippen LogP contribution in [0.3, 0.4) is 0 Å². The number of aliphatic hydroxyl groups is 1. The van der Waals surface area contributed by atoms with Gasteiger partial charge in [-0.3, -0.25) is 4.98 Å². The molecule has 0 aromatic carbocycles. The molecule has 2 rings (SSSR count). The number of nitrogens with zero attached hydrogens (tertiary/aromatic N) is 1. The van der Waals surface area contributed by atoms with Gasteiger partial charge in [-0.1, -0.05) is 0 Å². The van der Waals surface area contributed by atoms with Crippen LogP contribution in [0.5, 0.6) is 0 Å². The van der Waals surface area contributed by atoms with Gasteiger partial charge in [-0.2, -0.15) is 0 Å². The average Bonchev–Trinajstić information content (AvgIpc) is 2.46. The largest absolute Gasteiger partial charge is 0.496 e. The Hall–Kier alpha value is -0.975. The molecule has 1 aromatic rings. The molecule has 0 amide bonds. The fraction of sp³-hybridized carbons (Fsp3) is 0.643.